The van der Waals surface area contributed by atoms with Gasteiger partial charge in [0.2, 0.25) is 0 Å². The van der Waals surface area contributed by atoms with Crippen molar-refractivity contribution in [3.63, 3.8) is 0 Å². The van der Waals surface area contributed by atoms with Crippen molar-refractivity contribution >= 4 is 41.3 Å². The average Bonchev–Trinajstić information content (AvgIpc) is 3.03. The van der Waals surface area contributed by atoms with Crippen LogP contribution in [0.4, 0.5) is 0 Å². The Morgan fingerprint density at radius 3 is 2.50 bits per heavy atom. The van der Waals surface area contributed by atoms with Crippen LogP contribution in [-0.4, -0.2) is 44.3 Å². The van der Waals surface area contributed by atoms with Crippen molar-refractivity contribution in [1.82, 2.24) is 15.6 Å². The largest absolute Gasteiger partial charge is 0.497 e. The standard InChI is InChI=1S/C18H26N4O2S.HI/c1-13(24-17-7-5-16(23-4)6-8-17)11-21-18(19-3)20-10-9-15-12-25-14(2)22-15;/h5-8,12-13H,9-11H2,1-4H3,(H2,19,20,21);1H. The fraction of sp³-hybridized carbons (Fsp3) is 0.444. The van der Waals surface area contributed by atoms with Gasteiger partial charge in [-0.05, 0) is 38.1 Å². The number of hydrogen-bond donors (Lipinski definition) is 2. The Labute approximate surface area is 176 Å². The minimum Gasteiger partial charge on any atom is -0.497 e. The molecule has 2 rings (SSSR count). The number of aromatic nitrogens is 1. The quantitative estimate of drug-likeness (QED) is 0.338. The van der Waals surface area contributed by atoms with Crippen LogP contribution in [0.25, 0.3) is 0 Å². The van der Waals surface area contributed by atoms with E-state index in [1.165, 1.54) is 0 Å². The van der Waals surface area contributed by atoms with E-state index in [9.17, 15) is 0 Å². The van der Waals surface area contributed by atoms with Crippen LogP contribution in [0.3, 0.4) is 0 Å². The molecule has 0 spiro atoms. The van der Waals surface area contributed by atoms with Gasteiger partial charge in [-0.2, -0.15) is 0 Å². The molecule has 1 heterocycles. The Morgan fingerprint density at radius 1 is 1.23 bits per heavy atom. The van der Waals surface area contributed by atoms with Gasteiger partial charge in [0, 0.05) is 25.4 Å². The molecule has 0 aliphatic rings. The van der Waals surface area contributed by atoms with Crippen LogP contribution in [0.1, 0.15) is 17.6 Å². The van der Waals surface area contributed by atoms with E-state index in [4.69, 9.17) is 9.47 Å². The first kappa shape index (κ1) is 22.5. The zero-order chi connectivity index (χ0) is 18.1. The minimum atomic E-state index is 0. The monoisotopic (exact) mass is 490 g/mol. The van der Waals surface area contributed by atoms with Crippen LogP contribution in [0, 0.1) is 6.92 Å². The maximum Gasteiger partial charge on any atom is 0.191 e. The maximum atomic E-state index is 5.88. The summed E-state index contributed by atoms with van der Waals surface area (Å²) in [5, 5.41) is 9.76. The number of methoxy groups -OCH3 is 1. The van der Waals surface area contributed by atoms with E-state index in [-0.39, 0.29) is 30.1 Å². The van der Waals surface area contributed by atoms with E-state index in [0.29, 0.717) is 6.54 Å². The molecule has 2 N–H and O–H groups in total. The molecule has 0 aliphatic carbocycles. The Morgan fingerprint density at radius 2 is 1.92 bits per heavy atom. The van der Waals surface area contributed by atoms with Gasteiger partial charge in [-0.15, -0.1) is 35.3 Å². The summed E-state index contributed by atoms with van der Waals surface area (Å²) in [7, 11) is 3.41. The first-order valence-electron chi connectivity index (χ1n) is 8.27. The predicted molar refractivity (Wildman–Crippen MR) is 118 cm³/mol. The summed E-state index contributed by atoms with van der Waals surface area (Å²) in [6.45, 7) is 5.48. The zero-order valence-corrected chi connectivity index (χ0v) is 18.8. The van der Waals surface area contributed by atoms with Gasteiger partial charge in [-0.3, -0.25) is 4.99 Å². The first-order valence-corrected chi connectivity index (χ1v) is 9.15. The normalized spacial score (nSPS) is 12.1. The molecule has 8 heteroatoms. The lowest BCUT2D eigenvalue weighted by Gasteiger charge is -2.17. The maximum absolute atomic E-state index is 5.88. The molecule has 0 saturated carbocycles. The highest BCUT2D eigenvalue weighted by Crippen LogP contribution is 2.17. The van der Waals surface area contributed by atoms with E-state index in [1.54, 1.807) is 25.5 Å². The lowest BCUT2D eigenvalue weighted by atomic mass is 10.3. The summed E-state index contributed by atoms with van der Waals surface area (Å²) in [5.41, 5.74) is 1.11. The second-order valence-electron chi connectivity index (χ2n) is 5.59. The van der Waals surface area contributed by atoms with Gasteiger partial charge in [0.05, 0.1) is 24.4 Å². The molecule has 1 aromatic carbocycles. The predicted octanol–water partition coefficient (Wildman–Crippen LogP) is 3.25. The van der Waals surface area contributed by atoms with E-state index in [0.717, 1.165) is 41.1 Å². The number of ether oxygens (including phenoxy) is 2. The van der Waals surface area contributed by atoms with Crippen LogP contribution < -0.4 is 20.1 Å². The second kappa shape index (κ2) is 11.9. The third-order valence-electron chi connectivity index (χ3n) is 3.52. The van der Waals surface area contributed by atoms with E-state index >= 15 is 0 Å². The summed E-state index contributed by atoms with van der Waals surface area (Å²) in [6, 6.07) is 7.57. The molecule has 0 radical (unpaired) electrons. The van der Waals surface area contributed by atoms with Crippen molar-refractivity contribution in [1.29, 1.82) is 0 Å². The van der Waals surface area contributed by atoms with Crippen LogP contribution in [-0.2, 0) is 6.42 Å². The molecule has 0 saturated heterocycles. The number of aliphatic imine (C=N–C) groups is 1. The smallest absolute Gasteiger partial charge is 0.191 e. The van der Waals surface area contributed by atoms with Gasteiger partial charge in [0.25, 0.3) is 0 Å². The topological polar surface area (TPSA) is 67.8 Å². The average molecular weight is 490 g/mol. The molecule has 144 valence electrons. The van der Waals surface area contributed by atoms with Crippen molar-refractivity contribution in [2.45, 2.75) is 26.4 Å². The van der Waals surface area contributed by atoms with E-state index in [1.807, 2.05) is 38.1 Å². The molecule has 1 unspecified atom stereocenters. The molecule has 0 amide bonds. The highest BCUT2D eigenvalue weighted by Gasteiger charge is 2.06. The molecule has 1 aromatic heterocycles. The highest BCUT2D eigenvalue weighted by atomic mass is 127. The second-order valence-corrected chi connectivity index (χ2v) is 6.65. The van der Waals surface area contributed by atoms with Crippen molar-refractivity contribution in [3.8, 4) is 11.5 Å². The van der Waals surface area contributed by atoms with Gasteiger partial charge in [-0.1, -0.05) is 0 Å². The minimum absolute atomic E-state index is 0. The third-order valence-corrected chi connectivity index (χ3v) is 4.34. The number of thiazole rings is 1. The van der Waals surface area contributed by atoms with Gasteiger partial charge in [0.15, 0.2) is 5.96 Å². The molecule has 2 aromatic rings. The summed E-state index contributed by atoms with van der Waals surface area (Å²) in [4.78, 5) is 8.69. The lowest BCUT2D eigenvalue weighted by Crippen LogP contribution is -2.42. The lowest BCUT2D eigenvalue weighted by molar-refractivity contribution is 0.223. The highest BCUT2D eigenvalue weighted by molar-refractivity contribution is 14.0. The number of aryl methyl sites for hydroxylation is 1. The number of rotatable bonds is 8. The fourth-order valence-corrected chi connectivity index (χ4v) is 2.87. The van der Waals surface area contributed by atoms with E-state index < -0.39 is 0 Å². The molecular weight excluding hydrogens is 463 g/mol. The van der Waals surface area contributed by atoms with Crippen LogP contribution in [0.15, 0.2) is 34.6 Å². The summed E-state index contributed by atoms with van der Waals surface area (Å²) < 4.78 is 11.0. The summed E-state index contributed by atoms with van der Waals surface area (Å²) in [5.74, 6) is 2.40. The Balaban J connectivity index is 0.00000338. The number of guanidine groups is 1. The van der Waals surface area contributed by atoms with Gasteiger partial charge < -0.3 is 20.1 Å². The van der Waals surface area contributed by atoms with Gasteiger partial charge in [0.1, 0.15) is 17.6 Å². The number of nitrogens with one attached hydrogen (secondary N) is 2. The Kier molecular flexibility index (Phi) is 10.3. The number of benzene rings is 1. The van der Waals surface area contributed by atoms with Crippen LogP contribution in [0.5, 0.6) is 11.5 Å². The first-order chi connectivity index (χ1) is 12.1. The molecular formula is C18H27IN4O2S. The van der Waals surface area contributed by atoms with Crippen molar-refractivity contribution < 1.29 is 9.47 Å². The number of hydrogen-bond acceptors (Lipinski definition) is 5. The van der Waals surface area contributed by atoms with E-state index in [2.05, 4.69) is 26.0 Å². The van der Waals surface area contributed by atoms with Crippen LogP contribution >= 0.6 is 35.3 Å². The molecule has 0 fully saturated rings. The number of halogens is 1. The van der Waals surface area contributed by atoms with Crippen molar-refractivity contribution in [3.05, 3.63) is 40.3 Å². The van der Waals surface area contributed by atoms with Crippen molar-refractivity contribution in [2.75, 3.05) is 27.2 Å². The zero-order valence-electron chi connectivity index (χ0n) is 15.6. The molecule has 0 bridgehead atoms. The fourth-order valence-electron chi connectivity index (χ4n) is 2.22. The summed E-state index contributed by atoms with van der Waals surface area (Å²) in [6.07, 6.45) is 0.885. The molecule has 1 atom stereocenters. The van der Waals surface area contributed by atoms with Crippen molar-refractivity contribution in [2.24, 2.45) is 4.99 Å². The molecule has 6 nitrogen and oxygen atoms in total. The molecule has 26 heavy (non-hydrogen) atoms. The van der Waals surface area contributed by atoms with Gasteiger partial charge >= 0.3 is 0 Å². The number of nitrogens with zero attached hydrogens (tertiary/aromatic N) is 2. The summed E-state index contributed by atoms with van der Waals surface area (Å²) >= 11 is 1.68. The Bertz CT molecular complexity index is 676. The Hall–Kier alpha value is -1.55. The van der Waals surface area contributed by atoms with Crippen LogP contribution in [0.2, 0.25) is 0 Å². The SMILES string of the molecule is CN=C(NCCc1csc(C)n1)NCC(C)Oc1ccc(OC)cc1.I. The van der Waals surface area contributed by atoms with Gasteiger partial charge in [-0.25, -0.2) is 4.98 Å². The third kappa shape index (κ3) is 7.77. The molecule has 0 aliphatic heterocycles.